The van der Waals surface area contributed by atoms with Gasteiger partial charge in [-0.2, -0.15) is 5.26 Å². The van der Waals surface area contributed by atoms with Crippen LogP contribution in [0.5, 0.6) is 17.2 Å². The van der Waals surface area contributed by atoms with Crippen molar-refractivity contribution in [2.45, 2.75) is 13.0 Å². The molecule has 0 heterocycles. The van der Waals surface area contributed by atoms with Crippen molar-refractivity contribution in [3.63, 3.8) is 0 Å². The SMILES string of the molecule is COc1ccc(C(=O)O[C@H](C)C#N)c(OC)c1OC. The van der Waals surface area contributed by atoms with Crippen molar-refractivity contribution in [1.82, 2.24) is 0 Å². The Balaban J connectivity index is 3.22. The normalized spacial score (nSPS) is 11.1. The van der Waals surface area contributed by atoms with Gasteiger partial charge in [-0.1, -0.05) is 0 Å². The van der Waals surface area contributed by atoms with E-state index in [1.165, 1.54) is 34.3 Å². The van der Waals surface area contributed by atoms with Crippen LogP contribution in [0.1, 0.15) is 17.3 Å². The third kappa shape index (κ3) is 3.07. The summed E-state index contributed by atoms with van der Waals surface area (Å²) in [4.78, 5) is 11.9. The molecule has 0 unspecified atom stereocenters. The summed E-state index contributed by atoms with van der Waals surface area (Å²) in [5.74, 6) is 0.275. The lowest BCUT2D eigenvalue weighted by molar-refractivity contribution is 0.0431. The molecule has 0 aromatic heterocycles. The molecule has 19 heavy (non-hydrogen) atoms. The van der Waals surface area contributed by atoms with Crippen molar-refractivity contribution in [3.05, 3.63) is 17.7 Å². The monoisotopic (exact) mass is 265 g/mol. The number of nitriles is 1. The second-order valence-electron chi connectivity index (χ2n) is 3.56. The Hall–Kier alpha value is -2.42. The number of ether oxygens (including phenoxy) is 4. The van der Waals surface area contributed by atoms with Crippen LogP contribution in [0.2, 0.25) is 0 Å². The molecule has 102 valence electrons. The highest BCUT2D eigenvalue weighted by Crippen LogP contribution is 2.39. The molecule has 1 rings (SSSR count). The second-order valence-corrected chi connectivity index (χ2v) is 3.56. The molecule has 0 saturated carbocycles. The number of rotatable bonds is 5. The highest BCUT2D eigenvalue weighted by molar-refractivity contribution is 5.94. The standard InChI is InChI=1S/C13H15NO5/c1-8(7-14)19-13(15)9-5-6-10(16-2)12(18-4)11(9)17-3/h5-6,8H,1-4H3/t8-/m1/s1. The van der Waals surface area contributed by atoms with Gasteiger partial charge in [-0.05, 0) is 19.1 Å². The summed E-state index contributed by atoms with van der Waals surface area (Å²) in [6, 6.07) is 4.87. The average Bonchev–Trinajstić information content (AvgIpc) is 2.44. The molecule has 1 aromatic carbocycles. The third-order valence-corrected chi connectivity index (χ3v) is 2.39. The zero-order valence-electron chi connectivity index (χ0n) is 11.2. The fraction of sp³-hybridized carbons (Fsp3) is 0.385. The van der Waals surface area contributed by atoms with Gasteiger partial charge in [0, 0.05) is 0 Å². The molecule has 1 aromatic rings. The van der Waals surface area contributed by atoms with Crippen molar-refractivity contribution in [1.29, 1.82) is 5.26 Å². The molecule has 0 radical (unpaired) electrons. The van der Waals surface area contributed by atoms with E-state index in [1.807, 2.05) is 6.07 Å². The number of nitrogens with zero attached hydrogens (tertiary/aromatic N) is 1. The third-order valence-electron chi connectivity index (χ3n) is 2.39. The van der Waals surface area contributed by atoms with Crippen LogP contribution in [0.3, 0.4) is 0 Å². The van der Waals surface area contributed by atoms with E-state index in [4.69, 9.17) is 24.2 Å². The van der Waals surface area contributed by atoms with Gasteiger partial charge < -0.3 is 18.9 Å². The maximum Gasteiger partial charge on any atom is 0.343 e. The maximum absolute atomic E-state index is 11.9. The quantitative estimate of drug-likeness (QED) is 0.755. The maximum atomic E-state index is 11.9. The first-order valence-corrected chi connectivity index (χ1v) is 5.48. The van der Waals surface area contributed by atoms with E-state index in [9.17, 15) is 4.79 Å². The van der Waals surface area contributed by atoms with Crippen LogP contribution in [-0.2, 0) is 4.74 Å². The summed E-state index contributed by atoms with van der Waals surface area (Å²) < 4.78 is 20.3. The largest absolute Gasteiger partial charge is 0.493 e. The van der Waals surface area contributed by atoms with Crippen LogP contribution in [0.4, 0.5) is 0 Å². The van der Waals surface area contributed by atoms with Crippen molar-refractivity contribution in [3.8, 4) is 23.3 Å². The Bertz CT molecular complexity index is 506. The number of carbonyl (C=O) groups excluding carboxylic acids is 1. The smallest absolute Gasteiger partial charge is 0.343 e. The molecule has 6 nitrogen and oxygen atoms in total. The summed E-state index contributed by atoms with van der Waals surface area (Å²) in [5, 5.41) is 8.64. The van der Waals surface area contributed by atoms with E-state index in [0.29, 0.717) is 11.5 Å². The minimum absolute atomic E-state index is 0.169. The van der Waals surface area contributed by atoms with Crippen LogP contribution in [0, 0.1) is 11.3 Å². The van der Waals surface area contributed by atoms with Crippen LogP contribution < -0.4 is 14.2 Å². The van der Waals surface area contributed by atoms with Gasteiger partial charge in [0.1, 0.15) is 11.6 Å². The minimum atomic E-state index is -0.842. The second kappa shape index (κ2) is 6.50. The lowest BCUT2D eigenvalue weighted by Crippen LogP contribution is -2.14. The number of benzene rings is 1. The van der Waals surface area contributed by atoms with Gasteiger partial charge in [0.15, 0.2) is 17.6 Å². The molecule has 0 spiro atoms. The van der Waals surface area contributed by atoms with E-state index >= 15 is 0 Å². The lowest BCUT2D eigenvalue weighted by Gasteiger charge is -2.15. The van der Waals surface area contributed by atoms with Gasteiger partial charge in [-0.15, -0.1) is 0 Å². The molecular weight excluding hydrogens is 250 g/mol. The zero-order valence-corrected chi connectivity index (χ0v) is 11.2. The zero-order chi connectivity index (χ0) is 14.4. The molecule has 0 amide bonds. The van der Waals surface area contributed by atoms with Crippen molar-refractivity contribution < 1.29 is 23.7 Å². The number of methoxy groups -OCH3 is 3. The summed E-state index contributed by atoms with van der Waals surface area (Å²) in [7, 11) is 4.32. The summed E-state index contributed by atoms with van der Waals surface area (Å²) >= 11 is 0. The van der Waals surface area contributed by atoms with E-state index in [-0.39, 0.29) is 11.3 Å². The van der Waals surface area contributed by atoms with Crippen molar-refractivity contribution >= 4 is 5.97 Å². The molecule has 0 aliphatic rings. The van der Waals surface area contributed by atoms with Gasteiger partial charge in [0.05, 0.1) is 21.3 Å². The van der Waals surface area contributed by atoms with Crippen molar-refractivity contribution in [2.24, 2.45) is 0 Å². The molecule has 0 saturated heterocycles. The van der Waals surface area contributed by atoms with E-state index in [2.05, 4.69) is 0 Å². The van der Waals surface area contributed by atoms with E-state index in [0.717, 1.165) is 0 Å². The molecule has 0 aliphatic heterocycles. The fourth-order valence-corrected chi connectivity index (χ4v) is 1.51. The average molecular weight is 265 g/mol. The molecule has 0 bridgehead atoms. The molecule has 0 fully saturated rings. The Labute approximate surface area is 111 Å². The predicted octanol–water partition coefficient (Wildman–Crippen LogP) is 1.78. The summed E-state index contributed by atoms with van der Waals surface area (Å²) in [5.41, 5.74) is 0.169. The van der Waals surface area contributed by atoms with E-state index < -0.39 is 12.1 Å². The number of hydrogen-bond donors (Lipinski definition) is 0. The molecule has 6 heteroatoms. The molecular formula is C13H15NO5. The number of esters is 1. The summed E-state index contributed by atoms with van der Waals surface area (Å²) in [6.07, 6.45) is -0.842. The Morgan fingerprint density at radius 2 is 1.79 bits per heavy atom. The Morgan fingerprint density at radius 3 is 2.26 bits per heavy atom. The Morgan fingerprint density at radius 1 is 1.16 bits per heavy atom. The molecule has 0 N–H and O–H groups in total. The first-order valence-electron chi connectivity index (χ1n) is 5.48. The van der Waals surface area contributed by atoms with Crippen molar-refractivity contribution in [2.75, 3.05) is 21.3 Å². The topological polar surface area (TPSA) is 77.8 Å². The molecule has 0 aliphatic carbocycles. The van der Waals surface area contributed by atoms with Gasteiger partial charge >= 0.3 is 5.97 Å². The predicted molar refractivity (Wildman–Crippen MR) is 66.6 cm³/mol. The lowest BCUT2D eigenvalue weighted by atomic mass is 10.1. The van der Waals surface area contributed by atoms with Crippen LogP contribution in [-0.4, -0.2) is 33.4 Å². The summed E-state index contributed by atoms with van der Waals surface area (Å²) in [6.45, 7) is 1.48. The van der Waals surface area contributed by atoms with E-state index in [1.54, 1.807) is 6.07 Å². The highest BCUT2D eigenvalue weighted by Gasteiger charge is 2.22. The number of hydrogen-bond acceptors (Lipinski definition) is 6. The van der Waals surface area contributed by atoms with Crippen LogP contribution in [0.15, 0.2) is 12.1 Å². The van der Waals surface area contributed by atoms with Gasteiger partial charge in [-0.3, -0.25) is 0 Å². The molecule has 1 atom stereocenters. The highest BCUT2D eigenvalue weighted by atomic mass is 16.6. The van der Waals surface area contributed by atoms with Gasteiger partial charge in [0.25, 0.3) is 0 Å². The first-order chi connectivity index (χ1) is 9.08. The number of carbonyl (C=O) groups is 1. The fourth-order valence-electron chi connectivity index (χ4n) is 1.51. The Kier molecular flexibility index (Phi) is 5.01. The van der Waals surface area contributed by atoms with Gasteiger partial charge in [-0.25, -0.2) is 4.79 Å². The van der Waals surface area contributed by atoms with Crippen LogP contribution in [0.25, 0.3) is 0 Å². The van der Waals surface area contributed by atoms with Crippen LogP contribution >= 0.6 is 0 Å². The van der Waals surface area contributed by atoms with Gasteiger partial charge in [0.2, 0.25) is 5.75 Å². The first kappa shape index (κ1) is 14.6. The minimum Gasteiger partial charge on any atom is -0.493 e.